The molecule has 9 rings (SSSR count). The SMILES string of the molecule is Cn1c(=O)c(CN2CCCC[C@@H]2C(=O)Nc2ccc(C3CC3C3CC3c3ccc(NC(=O)[C@H]4CCCCN4CC4CCOC4)cc3)cc2)cc2ccccc21. The molecular weight excluding hydrogens is 687 g/mol. The van der Waals surface area contributed by atoms with Crippen molar-refractivity contribution in [1.29, 1.82) is 0 Å². The van der Waals surface area contributed by atoms with Crippen LogP contribution in [0.4, 0.5) is 11.4 Å². The number of piperidine rings is 2. The summed E-state index contributed by atoms with van der Waals surface area (Å²) in [7, 11) is 1.83. The average Bonchev–Trinajstić information content (AvgIpc) is 4.13. The van der Waals surface area contributed by atoms with Crippen LogP contribution in [0.15, 0.2) is 83.7 Å². The fourth-order valence-electron chi connectivity index (χ4n) is 10.1. The molecule has 4 heterocycles. The maximum atomic E-state index is 13.6. The Morgan fingerprint density at radius 1 is 0.727 bits per heavy atom. The third kappa shape index (κ3) is 7.89. The summed E-state index contributed by atoms with van der Waals surface area (Å²) in [6.07, 6.45) is 9.57. The molecule has 3 saturated heterocycles. The Kier molecular flexibility index (Phi) is 10.4. The van der Waals surface area contributed by atoms with Crippen LogP contribution in [0.3, 0.4) is 0 Å². The number of ether oxygens (including phenoxy) is 1. The standard InChI is InChI=1S/C46H55N5O4/c1-49-41-9-3-2-8-33(41)24-34(46(49)54)28-51-22-7-5-11-43(51)45(53)48-36-18-14-32(15-19-36)38-26-40(38)39-25-37(39)31-12-16-35(17-13-31)47-44(52)42-10-4-6-21-50(42)27-30-20-23-55-29-30/h2-3,8-9,12-19,24,30,37-40,42-43H,4-7,10-11,20-23,25-29H2,1H3,(H,47,52)(H,48,53)/t30?,37?,38?,39?,40?,42-,43-/m1/s1. The van der Waals surface area contributed by atoms with Gasteiger partial charge in [-0.05, 0) is 141 Å². The summed E-state index contributed by atoms with van der Waals surface area (Å²) in [5.74, 6) is 3.25. The number of para-hydroxylation sites is 1. The number of hydrogen-bond donors (Lipinski definition) is 2. The van der Waals surface area contributed by atoms with E-state index >= 15 is 0 Å². The van der Waals surface area contributed by atoms with Crippen LogP contribution in [0.25, 0.3) is 10.9 Å². The maximum Gasteiger partial charge on any atom is 0.255 e. The number of anilines is 2. The fourth-order valence-corrected chi connectivity index (χ4v) is 10.1. The van der Waals surface area contributed by atoms with Gasteiger partial charge in [0.2, 0.25) is 11.8 Å². The van der Waals surface area contributed by atoms with E-state index in [4.69, 9.17) is 4.74 Å². The molecule has 2 amide bonds. The molecule has 55 heavy (non-hydrogen) atoms. The molecule has 2 aliphatic carbocycles. The molecule has 3 aromatic carbocycles. The zero-order chi connectivity index (χ0) is 37.5. The predicted molar refractivity (Wildman–Crippen MR) is 217 cm³/mol. The van der Waals surface area contributed by atoms with E-state index in [2.05, 4.69) is 69.0 Å². The molecule has 4 aromatic rings. The van der Waals surface area contributed by atoms with E-state index in [1.165, 1.54) is 30.4 Å². The first-order valence-corrected chi connectivity index (χ1v) is 20.8. The van der Waals surface area contributed by atoms with Gasteiger partial charge in [-0.15, -0.1) is 0 Å². The Bertz CT molecular complexity index is 2070. The second-order valence-corrected chi connectivity index (χ2v) is 17.0. The number of amides is 2. The number of aromatic nitrogens is 1. The second-order valence-electron chi connectivity index (χ2n) is 17.0. The van der Waals surface area contributed by atoms with E-state index < -0.39 is 0 Å². The number of nitrogens with one attached hydrogen (secondary N) is 2. The number of aryl methyl sites for hydroxylation is 1. The summed E-state index contributed by atoms with van der Waals surface area (Å²) < 4.78 is 7.31. The Morgan fingerprint density at radius 3 is 1.91 bits per heavy atom. The zero-order valence-electron chi connectivity index (χ0n) is 32.1. The number of hydrogen-bond acceptors (Lipinski definition) is 6. The van der Waals surface area contributed by atoms with Crippen molar-refractivity contribution in [2.75, 3.05) is 43.5 Å². The molecule has 5 unspecified atom stereocenters. The number of benzene rings is 3. The first-order chi connectivity index (χ1) is 26.9. The van der Waals surface area contributed by atoms with Gasteiger partial charge >= 0.3 is 0 Å². The van der Waals surface area contributed by atoms with Gasteiger partial charge in [0, 0.05) is 43.7 Å². The third-order valence-corrected chi connectivity index (χ3v) is 13.4. The molecule has 0 bridgehead atoms. The van der Waals surface area contributed by atoms with E-state index in [0.29, 0.717) is 36.1 Å². The van der Waals surface area contributed by atoms with Gasteiger partial charge in [-0.2, -0.15) is 0 Å². The van der Waals surface area contributed by atoms with Crippen molar-refractivity contribution in [3.05, 3.63) is 106 Å². The topological polar surface area (TPSA) is 95.9 Å². The average molecular weight is 742 g/mol. The van der Waals surface area contributed by atoms with Crippen molar-refractivity contribution in [1.82, 2.24) is 14.4 Å². The highest BCUT2D eigenvalue weighted by Gasteiger charge is 2.54. The molecular formula is C46H55N5O4. The summed E-state index contributed by atoms with van der Waals surface area (Å²) in [5, 5.41) is 7.47. The van der Waals surface area contributed by atoms with Crippen LogP contribution in [0.2, 0.25) is 0 Å². The summed E-state index contributed by atoms with van der Waals surface area (Å²) in [6, 6.07) is 26.8. The van der Waals surface area contributed by atoms with E-state index in [-0.39, 0.29) is 29.5 Å². The van der Waals surface area contributed by atoms with Crippen molar-refractivity contribution in [2.24, 2.45) is 24.8 Å². The quantitative estimate of drug-likeness (QED) is 0.168. The van der Waals surface area contributed by atoms with Crippen LogP contribution in [0, 0.1) is 17.8 Å². The van der Waals surface area contributed by atoms with Gasteiger partial charge in [0.25, 0.3) is 5.56 Å². The highest BCUT2D eigenvalue weighted by Crippen LogP contribution is 2.65. The highest BCUT2D eigenvalue weighted by molar-refractivity contribution is 5.95. The molecule has 2 saturated carbocycles. The Hall–Kier alpha value is -4.31. The lowest BCUT2D eigenvalue weighted by Crippen LogP contribution is -2.48. The van der Waals surface area contributed by atoms with Gasteiger partial charge in [-0.3, -0.25) is 24.2 Å². The zero-order valence-corrected chi connectivity index (χ0v) is 32.1. The first-order valence-electron chi connectivity index (χ1n) is 20.8. The number of likely N-dealkylation sites (tertiary alicyclic amines) is 2. The molecule has 7 atom stereocenters. The summed E-state index contributed by atoms with van der Waals surface area (Å²) in [5.41, 5.74) is 6.11. The lowest BCUT2D eigenvalue weighted by atomic mass is 9.98. The lowest BCUT2D eigenvalue weighted by Gasteiger charge is -2.36. The van der Waals surface area contributed by atoms with Gasteiger partial charge in [0.1, 0.15) is 0 Å². The van der Waals surface area contributed by atoms with E-state index in [0.717, 1.165) is 99.2 Å². The minimum absolute atomic E-state index is 0.000743. The van der Waals surface area contributed by atoms with Crippen molar-refractivity contribution in [2.45, 2.75) is 88.3 Å². The largest absolute Gasteiger partial charge is 0.381 e. The number of carbonyl (C=O) groups is 2. The number of pyridine rings is 1. The highest BCUT2D eigenvalue weighted by atomic mass is 16.5. The van der Waals surface area contributed by atoms with Crippen LogP contribution in [-0.4, -0.2) is 71.1 Å². The molecule has 9 nitrogen and oxygen atoms in total. The van der Waals surface area contributed by atoms with Crippen molar-refractivity contribution < 1.29 is 14.3 Å². The van der Waals surface area contributed by atoms with E-state index in [1.807, 2.05) is 37.4 Å². The third-order valence-electron chi connectivity index (χ3n) is 13.4. The number of fused-ring (bicyclic) bond motifs is 1. The van der Waals surface area contributed by atoms with Crippen molar-refractivity contribution in [3.63, 3.8) is 0 Å². The number of nitrogens with zero attached hydrogens (tertiary/aromatic N) is 3. The molecule has 0 radical (unpaired) electrons. The van der Waals surface area contributed by atoms with Crippen LogP contribution in [0.1, 0.15) is 86.3 Å². The molecule has 5 aliphatic rings. The molecule has 9 heteroatoms. The minimum atomic E-state index is -0.265. The van der Waals surface area contributed by atoms with Crippen LogP contribution in [-0.2, 0) is 27.9 Å². The van der Waals surface area contributed by atoms with Gasteiger partial charge in [0.05, 0.1) is 24.2 Å². The van der Waals surface area contributed by atoms with Gasteiger partial charge in [-0.1, -0.05) is 55.3 Å². The van der Waals surface area contributed by atoms with Crippen molar-refractivity contribution in [3.8, 4) is 0 Å². The predicted octanol–water partition coefficient (Wildman–Crippen LogP) is 7.27. The second kappa shape index (κ2) is 15.7. The molecule has 5 fully saturated rings. The van der Waals surface area contributed by atoms with Gasteiger partial charge in [0.15, 0.2) is 0 Å². The molecule has 288 valence electrons. The van der Waals surface area contributed by atoms with Gasteiger partial charge in [-0.25, -0.2) is 0 Å². The first kappa shape index (κ1) is 36.3. The molecule has 3 aliphatic heterocycles. The monoisotopic (exact) mass is 741 g/mol. The molecule has 2 N–H and O–H groups in total. The summed E-state index contributed by atoms with van der Waals surface area (Å²) >= 11 is 0. The molecule has 0 spiro atoms. The molecule has 1 aromatic heterocycles. The van der Waals surface area contributed by atoms with Gasteiger partial charge < -0.3 is 19.9 Å². The van der Waals surface area contributed by atoms with Crippen LogP contribution >= 0.6 is 0 Å². The fraction of sp³-hybridized carbons (Fsp3) is 0.500. The Balaban J connectivity index is 0.763. The van der Waals surface area contributed by atoms with Crippen LogP contribution < -0.4 is 16.2 Å². The Morgan fingerprint density at radius 2 is 1.31 bits per heavy atom. The summed E-state index contributed by atoms with van der Waals surface area (Å²) in [4.78, 5) is 44.8. The Labute approximate surface area is 324 Å². The van der Waals surface area contributed by atoms with E-state index in [9.17, 15) is 14.4 Å². The smallest absolute Gasteiger partial charge is 0.255 e. The van der Waals surface area contributed by atoms with E-state index in [1.54, 1.807) is 4.57 Å². The van der Waals surface area contributed by atoms with Crippen molar-refractivity contribution >= 4 is 34.1 Å². The minimum Gasteiger partial charge on any atom is -0.381 e. The normalized spacial score (nSPS) is 28.2. The summed E-state index contributed by atoms with van der Waals surface area (Å²) in [6.45, 7) is 4.90. The maximum absolute atomic E-state index is 13.6. The number of carbonyl (C=O) groups excluding carboxylic acids is 2. The lowest BCUT2D eigenvalue weighted by molar-refractivity contribution is -0.123. The van der Waals surface area contributed by atoms with Crippen LogP contribution in [0.5, 0.6) is 0 Å². The number of rotatable bonds is 11.